The molecule has 0 aromatic heterocycles. The molecule has 0 unspecified atom stereocenters. The van der Waals surface area contributed by atoms with Gasteiger partial charge in [-0.15, -0.1) is 11.8 Å². The Kier molecular flexibility index (Phi) is 3.77. The summed E-state index contributed by atoms with van der Waals surface area (Å²) in [6, 6.07) is 17.7. The van der Waals surface area contributed by atoms with Crippen molar-refractivity contribution in [3.05, 3.63) is 65.2 Å². The van der Waals surface area contributed by atoms with Gasteiger partial charge in [0.05, 0.1) is 19.6 Å². The molecule has 4 rings (SSSR count). The number of fused-ring (bicyclic) bond motifs is 2. The van der Waals surface area contributed by atoms with Crippen molar-refractivity contribution >= 4 is 17.7 Å². The van der Waals surface area contributed by atoms with Gasteiger partial charge in [0.15, 0.2) is 0 Å². The number of thioether (sulfide) groups is 1. The molecule has 2 aliphatic heterocycles. The summed E-state index contributed by atoms with van der Waals surface area (Å²) in [6.07, 6.45) is 0. The van der Waals surface area contributed by atoms with Gasteiger partial charge < -0.3 is 0 Å². The molecule has 0 spiro atoms. The minimum Gasteiger partial charge on any atom is -0.277 e. The summed E-state index contributed by atoms with van der Waals surface area (Å²) < 4.78 is 0. The standard InChI is InChI=1S/C18H19N3S/c1-2-6-14-13(5-1)12-22-17-8-4-3-7-15(17)16(14)11-21-18-19-9-10-20-18/h1-8,16H,9-12H2,(H2,19,20,21)/p+1/t16-/m0/s1. The first-order chi connectivity index (χ1) is 10.9. The van der Waals surface area contributed by atoms with E-state index in [1.54, 1.807) is 0 Å². The van der Waals surface area contributed by atoms with Crippen LogP contribution in [0, 0.1) is 0 Å². The van der Waals surface area contributed by atoms with E-state index < -0.39 is 0 Å². The van der Waals surface area contributed by atoms with Crippen LogP contribution in [0.15, 0.2) is 53.4 Å². The summed E-state index contributed by atoms with van der Waals surface area (Å²) in [5, 5.41) is 6.90. The Labute approximate surface area is 135 Å². The van der Waals surface area contributed by atoms with Gasteiger partial charge in [-0.1, -0.05) is 42.5 Å². The van der Waals surface area contributed by atoms with Crippen molar-refractivity contribution in [3.8, 4) is 0 Å². The van der Waals surface area contributed by atoms with Crippen molar-refractivity contribution in [1.82, 2.24) is 10.6 Å². The molecule has 0 radical (unpaired) electrons. The van der Waals surface area contributed by atoms with Crippen molar-refractivity contribution in [2.75, 3.05) is 19.6 Å². The molecule has 2 heterocycles. The van der Waals surface area contributed by atoms with Gasteiger partial charge >= 0.3 is 5.96 Å². The van der Waals surface area contributed by atoms with E-state index >= 15 is 0 Å². The molecule has 2 aromatic rings. The molecule has 0 amide bonds. The first kappa shape index (κ1) is 13.7. The molecule has 2 aliphatic rings. The largest absolute Gasteiger partial charge is 0.343 e. The number of hydrogen-bond donors (Lipinski definition) is 3. The second-order valence-electron chi connectivity index (χ2n) is 5.69. The van der Waals surface area contributed by atoms with E-state index in [0.29, 0.717) is 5.92 Å². The third kappa shape index (κ3) is 2.59. The lowest BCUT2D eigenvalue weighted by atomic mass is 9.88. The second kappa shape index (κ2) is 6.05. The van der Waals surface area contributed by atoms with Crippen molar-refractivity contribution in [2.24, 2.45) is 0 Å². The molecule has 22 heavy (non-hydrogen) atoms. The zero-order valence-corrected chi connectivity index (χ0v) is 13.2. The number of rotatable bonds is 2. The van der Waals surface area contributed by atoms with Crippen molar-refractivity contribution in [1.29, 1.82) is 0 Å². The number of hydrogen-bond acceptors (Lipinski definition) is 3. The van der Waals surface area contributed by atoms with Crippen molar-refractivity contribution in [3.63, 3.8) is 0 Å². The monoisotopic (exact) mass is 310 g/mol. The first-order valence-corrected chi connectivity index (χ1v) is 8.78. The van der Waals surface area contributed by atoms with Gasteiger partial charge in [0.2, 0.25) is 0 Å². The third-order valence-electron chi connectivity index (χ3n) is 4.32. The van der Waals surface area contributed by atoms with Gasteiger partial charge in [-0.25, -0.2) is 0 Å². The summed E-state index contributed by atoms with van der Waals surface area (Å²) in [4.78, 5) is 4.75. The average molecular weight is 310 g/mol. The molecule has 0 fully saturated rings. The zero-order chi connectivity index (χ0) is 14.8. The molecule has 1 atom stereocenters. The minimum absolute atomic E-state index is 0.388. The van der Waals surface area contributed by atoms with Gasteiger partial charge in [-0.3, -0.25) is 15.6 Å². The maximum Gasteiger partial charge on any atom is 0.343 e. The topological polar surface area (TPSA) is 38.0 Å². The molecule has 3 nitrogen and oxygen atoms in total. The quantitative estimate of drug-likeness (QED) is 0.776. The van der Waals surface area contributed by atoms with Gasteiger partial charge in [0.25, 0.3) is 0 Å². The van der Waals surface area contributed by atoms with E-state index in [2.05, 4.69) is 64.2 Å². The minimum atomic E-state index is 0.388. The van der Waals surface area contributed by atoms with Crippen LogP contribution in [0.3, 0.4) is 0 Å². The normalized spacial score (nSPS) is 19.5. The van der Waals surface area contributed by atoms with E-state index in [1.165, 1.54) is 21.6 Å². The Morgan fingerprint density at radius 1 is 1.09 bits per heavy atom. The lowest BCUT2D eigenvalue weighted by Gasteiger charge is -2.18. The van der Waals surface area contributed by atoms with Crippen LogP contribution < -0.4 is 15.6 Å². The van der Waals surface area contributed by atoms with E-state index in [4.69, 9.17) is 0 Å². The number of guanidine groups is 1. The van der Waals surface area contributed by atoms with E-state index in [0.717, 1.165) is 31.3 Å². The fourth-order valence-corrected chi connectivity index (χ4v) is 4.34. The van der Waals surface area contributed by atoms with Crippen LogP contribution in [0.4, 0.5) is 0 Å². The summed E-state index contributed by atoms with van der Waals surface area (Å²) >= 11 is 1.95. The van der Waals surface area contributed by atoms with Crippen molar-refractivity contribution < 1.29 is 4.99 Å². The molecule has 4 heteroatoms. The van der Waals surface area contributed by atoms with Crippen LogP contribution in [0.5, 0.6) is 0 Å². The molecule has 2 aromatic carbocycles. The fourth-order valence-electron chi connectivity index (χ4n) is 3.22. The van der Waals surface area contributed by atoms with Crippen LogP contribution in [0.25, 0.3) is 0 Å². The smallest absolute Gasteiger partial charge is 0.277 e. The predicted octanol–water partition coefficient (Wildman–Crippen LogP) is 1.05. The lowest BCUT2D eigenvalue weighted by Crippen LogP contribution is -2.74. The number of benzene rings is 2. The molecular weight excluding hydrogens is 290 g/mol. The first-order valence-electron chi connectivity index (χ1n) is 7.80. The third-order valence-corrected chi connectivity index (χ3v) is 5.46. The highest BCUT2D eigenvalue weighted by Gasteiger charge is 2.25. The van der Waals surface area contributed by atoms with Crippen LogP contribution in [0.2, 0.25) is 0 Å². The molecule has 112 valence electrons. The highest BCUT2D eigenvalue weighted by atomic mass is 32.2. The van der Waals surface area contributed by atoms with Crippen molar-refractivity contribution in [2.45, 2.75) is 16.6 Å². The SMILES string of the molecule is c1ccc2c(c1)CSc1ccccc1[C@H]2CNC1=[NH+]CCN1. The summed E-state index contributed by atoms with van der Waals surface area (Å²) in [6.45, 7) is 2.90. The van der Waals surface area contributed by atoms with E-state index in [1.807, 2.05) is 11.8 Å². The Hall–Kier alpha value is -1.94. The molecule has 0 saturated carbocycles. The highest BCUT2D eigenvalue weighted by molar-refractivity contribution is 7.98. The van der Waals surface area contributed by atoms with E-state index in [9.17, 15) is 0 Å². The van der Waals surface area contributed by atoms with Crippen LogP contribution in [-0.2, 0) is 5.75 Å². The van der Waals surface area contributed by atoms with E-state index in [-0.39, 0.29) is 0 Å². The lowest BCUT2D eigenvalue weighted by molar-refractivity contribution is -0.446. The summed E-state index contributed by atoms with van der Waals surface area (Å²) in [5.41, 5.74) is 4.34. The molecule has 3 N–H and O–H groups in total. The summed E-state index contributed by atoms with van der Waals surface area (Å²) in [5.74, 6) is 2.50. The van der Waals surface area contributed by atoms with Crippen LogP contribution in [0.1, 0.15) is 22.6 Å². The van der Waals surface area contributed by atoms with Crippen LogP contribution >= 0.6 is 11.8 Å². The van der Waals surface area contributed by atoms with Gasteiger partial charge in [-0.05, 0) is 22.8 Å². The molecule has 0 aliphatic carbocycles. The maximum absolute atomic E-state index is 3.55. The Morgan fingerprint density at radius 3 is 2.77 bits per heavy atom. The molecule has 0 bridgehead atoms. The Bertz CT molecular complexity index is 663. The van der Waals surface area contributed by atoms with Gasteiger partial charge in [0, 0.05) is 16.6 Å². The average Bonchev–Trinajstić information content (AvgIpc) is 3.03. The molecular formula is C18H20N3S+. The Balaban J connectivity index is 1.70. The second-order valence-corrected chi connectivity index (χ2v) is 6.70. The Morgan fingerprint density at radius 2 is 1.91 bits per heavy atom. The molecule has 0 saturated heterocycles. The number of nitrogens with one attached hydrogen (secondary N) is 3. The van der Waals surface area contributed by atoms with Crippen LogP contribution in [-0.4, -0.2) is 25.6 Å². The predicted molar refractivity (Wildman–Crippen MR) is 91.1 cm³/mol. The summed E-state index contributed by atoms with van der Waals surface area (Å²) in [7, 11) is 0. The van der Waals surface area contributed by atoms with Gasteiger partial charge in [0.1, 0.15) is 0 Å². The fraction of sp³-hybridized carbons (Fsp3) is 0.278. The zero-order valence-electron chi connectivity index (χ0n) is 12.4. The van der Waals surface area contributed by atoms with Gasteiger partial charge in [-0.2, -0.15) is 0 Å². The maximum atomic E-state index is 3.55. The highest BCUT2D eigenvalue weighted by Crippen LogP contribution is 2.40.